The molecule has 0 heterocycles. The van der Waals surface area contributed by atoms with Gasteiger partial charge in [0.1, 0.15) is 0 Å². The van der Waals surface area contributed by atoms with Gasteiger partial charge in [-0.05, 0) is 27.2 Å². The third-order valence-corrected chi connectivity index (χ3v) is 7.83. The van der Waals surface area contributed by atoms with Gasteiger partial charge in [0, 0.05) is 25.9 Å². The van der Waals surface area contributed by atoms with E-state index < -0.39 is 8.80 Å². The Morgan fingerprint density at radius 1 is 0.440 bits per heavy atom. The minimum absolute atomic E-state index is 0.685. The largest absolute Gasteiger partial charge is 0.500 e. The SMILES string of the molecule is CCCCCCCCCCCCCCC[Si](OCC)(OCC)OCC. The predicted molar refractivity (Wildman–Crippen MR) is 111 cm³/mol. The van der Waals surface area contributed by atoms with Gasteiger partial charge in [-0.2, -0.15) is 0 Å². The molecule has 0 rings (SSSR count). The van der Waals surface area contributed by atoms with Gasteiger partial charge in [-0.25, -0.2) is 0 Å². The second kappa shape index (κ2) is 18.9. The molecule has 0 saturated carbocycles. The van der Waals surface area contributed by atoms with Crippen molar-refractivity contribution in [3.05, 3.63) is 0 Å². The van der Waals surface area contributed by atoms with Gasteiger partial charge < -0.3 is 13.3 Å². The molecular formula is C21H46O3Si. The molecule has 0 unspecified atom stereocenters. The lowest BCUT2D eigenvalue weighted by Crippen LogP contribution is -2.45. The molecule has 0 aliphatic rings. The standard InChI is InChI=1S/C21H46O3Si/c1-5-9-10-11-12-13-14-15-16-17-18-19-20-21-25(22-6-2,23-7-3)24-8-4/h5-21H2,1-4H3. The monoisotopic (exact) mass is 374 g/mol. The molecule has 25 heavy (non-hydrogen) atoms. The third kappa shape index (κ3) is 14.9. The second-order valence-corrected chi connectivity index (χ2v) is 9.71. The Labute approximate surface area is 159 Å². The number of hydrogen-bond donors (Lipinski definition) is 0. The van der Waals surface area contributed by atoms with Crippen LogP contribution in [0, 0.1) is 0 Å². The summed E-state index contributed by atoms with van der Waals surface area (Å²) < 4.78 is 17.7. The lowest BCUT2D eigenvalue weighted by atomic mass is 10.1. The van der Waals surface area contributed by atoms with Gasteiger partial charge in [-0.1, -0.05) is 84.0 Å². The first-order valence-electron chi connectivity index (χ1n) is 11.2. The van der Waals surface area contributed by atoms with Crippen molar-refractivity contribution in [2.75, 3.05) is 19.8 Å². The van der Waals surface area contributed by atoms with E-state index in [2.05, 4.69) is 6.92 Å². The van der Waals surface area contributed by atoms with Crippen LogP contribution in [0.5, 0.6) is 0 Å². The first-order chi connectivity index (χ1) is 12.2. The third-order valence-electron chi connectivity index (χ3n) is 4.68. The van der Waals surface area contributed by atoms with E-state index in [0.717, 1.165) is 6.04 Å². The van der Waals surface area contributed by atoms with Crippen LogP contribution in [-0.2, 0) is 13.3 Å². The first-order valence-corrected chi connectivity index (χ1v) is 13.1. The zero-order chi connectivity index (χ0) is 18.6. The summed E-state index contributed by atoms with van der Waals surface area (Å²) in [5.74, 6) is 0. The minimum atomic E-state index is -2.40. The maximum absolute atomic E-state index is 5.91. The summed E-state index contributed by atoms with van der Waals surface area (Å²) in [6.45, 7) is 10.4. The Balaban J connectivity index is 3.56. The summed E-state index contributed by atoms with van der Waals surface area (Å²) in [6, 6.07) is 0.972. The molecule has 3 nitrogen and oxygen atoms in total. The highest BCUT2D eigenvalue weighted by Gasteiger charge is 2.39. The van der Waals surface area contributed by atoms with E-state index in [0.29, 0.717) is 19.8 Å². The zero-order valence-corrected chi connectivity index (χ0v) is 18.7. The van der Waals surface area contributed by atoms with Crippen LogP contribution in [0.4, 0.5) is 0 Å². The fraction of sp³-hybridized carbons (Fsp3) is 1.00. The van der Waals surface area contributed by atoms with Crippen molar-refractivity contribution in [1.82, 2.24) is 0 Å². The van der Waals surface area contributed by atoms with Crippen LogP contribution in [0.25, 0.3) is 0 Å². The number of unbranched alkanes of at least 4 members (excludes halogenated alkanes) is 12. The molecule has 0 aliphatic carbocycles. The normalized spacial score (nSPS) is 12.0. The molecule has 0 aliphatic heterocycles. The van der Waals surface area contributed by atoms with Crippen molar-refractivity contribution in [1.29, 1.82) is 0 Å². The summed E-state index contributed by atoms with van der Waals surface area (Å²) in [5, 5.41) is 0. The van der Waals surface area contributed by atoms with Gasteiger partial charge in [0.05, 0.1) is 0 Å². The van der Waals surface area contributed by atoms with E-state index in [1.54, 1.807) is 0 Å². The van der Waals surface area contributed by atoms with Crippen LogP contribution in [0.1, 0.15) is 111 Å². The molecule has 0 aromatic heterocycles. The maximum atomic E-state index is 5.91. The predicted octanol–water partition coefficient (Wildman–Crippen LogP) is 7.13. The van der Waals surface area contributed by atoms with Crippen LogP contribution >= 0.6 is 0 Å². The topological polar surface area (TPSA) is 27.7 Å². The average molecular weight is 375 g/mol. The molecule has 0 aromatic rings. The molecule has 0 N–H and O–H groups in total. The van der Waals surface area contributed by atoms with E-state index in [9.17, 15) is 0 Å². The fourth-order valence-corrected chi connectivity index (χ4v) is 6.05. The van der Waals surface area contributed by atoms with Gasteiger partial charge in [-0.15, -0.1) is 0 Å². The van der Waals surface area contributed by atoms with Crippen molar-refractivity contribution < 1.29 is 13.3 Å². The van der Waals surface area contributed by atoms with Crippen molar-refractivity contribution in [2.45, 2.75) is 117 Å². The van der Waals surface area contributed by atoms with Crippen molar-refractivity contribution in [3.63, 3.8) is 0 Å². The van der Waals surface area contributed by atoms with E-state index in [4.69, 9.17) is 13.3 Å². The molecule has 0 atom stereocenters. The van der Waals surface area contributed by atoms with Crippen LogP contribution in [0.3, 0.4) is 0 Å². The Hall–Kier alpha value is 0.0969. The minimum Gasteiger partial charge on any atom is -0.374 e. The Bertz CT molecular complexity index is 245. The van der Waals surface area contributed by atoms with E-state index in [1.807, 2.05) is 20.8 Å². The van der Waals surface area contributed by atoms with Gasteiger partial charge in [0.2, 0.25) is 0 Å². The van der Waals surface area contributed by atoms with Gasteiger partial charge in [0.25, 0.3) is 0 Å². The highest BCUT2D eigenvalue weighted by atomic mass is 28.4. The van der Waals surface area contributed by atoms with Crippen molar-refractivity contribution >= 4 is 8.80 Å². The fourth-order valence-electron chi connectivity index (χ4n) is 3.36. The molecule has 0 spiro atoms. The van der Waals surface area contributed by atoms with Gasteiger partial charge >= 0.3 is 8.80 Å². The van der Waals surface area contributed by atoms with E-state index >= 15 is 0 Å². The van der Waals surface area contributed by atoms with E-state index in [1.165, 1.54) is 83.5 Å². The van der Waals surface area contributed by atoms with Crippen LogP contribution in [0.2, 0.25) is 6.04 Å². The number of hydrogen-bond acceptors (Lipinski definition) is 3. The van der Waals surface area contributed by atoms with Gasteiger partial charge in [0.15, 0.2) is 0 Å². The summed E-state index contributed by atoms with van der Waals surface area (Å²) in [7, 11) is -2.40. The van der Waals surface area contributed by atoms with Crippen LogP contribution < -0.4 is 0 Å². The Morgan fingerprint density at radius 3 is 1.08 bits per heavy atom. The zero-order valence-electron chi connectivity index (χ0n) is 17.7. The lowest BCUT2D eigenvalue weighted by Gasteiger charge is -2.28. The molecule has 0 radical (unpaired) electrons. The Kier molecular flexibility index (Phi) is 18.9. The molecule has 0 saturated heterocycles. The van der Waals surface area contributed by atoms with Crippen molar-refractivity contribution in [3.8, 4) is 0 Å². The second-order valence-electron chi connectivity index (χ2n) is 6.97. The molecule has 4 heteroatoms. The molecule has 0 bridgehead atoms. The van der Waals surface area contributed by atoms with Gasteiger partial charge in [-0.3, -0.25) is 0 Å². The quantitative estimate of drug-likeness (QED) is 0.168. The highest BCUT2D eigenvalue weighted by molar-refractivity contribution is 6.60. The smallest absolute Gasteiger partial charge is 0.374 e. The average Bonchev–Trinajstić information content (AvgIpc) is 2.60. The Morgan fingerprint density at radius 2 is 0.760 bits per heavy atom. The first kappa shape index (κ1) is 25.1. The summed E-state index contributed by atoms with van der Waals surface area (Å²) in [5.41, 5.74) is 0. The molecule has 0 fully saturated rings. The molecule has 152 valence electrons. The highest BCUT2D eigenvalue weighted by Crippen LogP contribution is 2.21. The maximum Gasteiger partial charge on any atom is 0.500 e. The van der Waals surface area contributed by atoms with Crippen molar-refractivity contribution in [2.24, 2.45) is 0 Å². The molecule has 0 aromatic carbocycles. The van der Waals surface area contributed by atoms with Crippen LogP contribution in [0.15, 0.2) is 0 Å². The van der Waals surface area contributed by atoms with Crippen LogP contribution in [-0.4, -0.2) is 28.6 Å². The summed E-state index contributed by atoms with van der Waals surface area (Å²) in [6.07, 6.45) is 17.9. The van der Waals surface area contributed by atoms with E-state index in [-0.39, 0.29) is 0 Å². The summed E-state index contributed by atoms with van der Waals surface area (Å²) in [4.78, 5) is 0. The lowest BCUT2D eigenvalue weighted by molar-refractivity contribution is 0.0706. The molecular weight excluding hydrogens is 328 g/mol. The molecule has 0 amide bonds. The summed E-state index contributed by atoms with van der Waals surface area (Å²) >= 11 is 0. The number of rotatable bonds is 20.